The molecule has 1 amide bonds. The second kappa shape index (κ2) is 8.32. The van der Waals surface area contributed by atoms with Gasteiger partial charge in [0, 0.05) is 16.9 Å². The molecule has 0 heterocycles. The van der Waals surface area contributed by atoms with Crippen LogP contribution in [0.5, 0.6) is 5.75 Å². The molecule has 8 heteroatoms. The lowest BCUT2D eigenvalue weighted by Crippen LogP contribution is -2.15. The molecule has 0 aliphatic heterocycles. The average molecular weight is 414 g/mol. The van der Waals surface area contributed by atoms with E-state index in [4.69, 9.17) is 4.74 Å². The summed E-state index contributed by atoms with van der Waals surface area (Å²) < 4.78 is 46.2. The van der Waals surface area contributed by atoms with Gasteiger partial charge in [-0.05, 0) is 67.1 Å². The Hall–Kier alpha value is -3.39. The molecule has 0 aromatic heterocycles. The molecule has 0 radical (unpaired) electrons. The first-order chi connectivity index (χ1) is 13.8. The fraction of sp³-hybridized carbons (Fsp3) is 0.0952. The number of amides is 1. The minimum absolute atomic E-state index is 0.188. The molecule has 0 fully saturated rings. The van der Waals surface area contributed by atoms with Crippen molar-refractivity contribution >= 4 is 27.3 Å². The lowest BCUT2D eigenvalue weighted by atomic mass is 10.2. The first-order valence-electron chi connectivity index (χ1n) is 8.63. The van der Waals surface area contributed by atoms with Crippen molar-refractivity contribution < 1.29 is 22.3 Å². The van der Waals surface area contributed by atoms with E-state index in [1.54, 1.807) is 50.4 Å². The molecule has 0 spiro atoms. The van der Waals surface area contributed by atoms with Crippen LogP contribution >= 0.6 is 0 Å². The highest BCUT2D eigenvalue weighted by Crippen LogP contribution is 2.20. The Balaban J connectivity index is 1.77. The van der Waals surface area contributed by atoms with E-state index in [2.05, 4.69) is 10.0 Å². The van der Waals surface area contributed by atoms with E-state index in [1.807, 2.05) is 0 Å². The van der Waals surface area contributed by atoms with Crippen LogP contribution < -0.4 is 14.8 Å². The number of rotatable bonds is 6. The van der Waals surface area contributed by atoms with Crippen LogP contribution in [0, 0.1) is 12.7 Å². The summed E-state index contributed by atoms with van der Waals surface area (Å²) in [6.07, 6.45) is 0. The third-order valence-electron chi connectivity index (χ3n) is 4.18. The molecule has 0 atom stereocenters. The predicted octanol–water partition coefficient (Wildman–Crippen LogP) is 4.20. The van der Waals surface area contributed by atoms with E-state index in [1.165, 1.54) is 24.3 Å². The van der Waals surface area contributed by atoms with Crippen LogP contribution in [-0.4, -0.2) is 21.4 Å². The maximum absolute atomic E-state index is 13.7. The maximum atomic E-state index is 13.7. The van der Waals surface area contributed by atoms with Crippen LogP contribution in [0.15, 0.2) is 71.6 Å². The summed E-state index contributed by atoms with van der Waals surface area (Å²) in [4.78, 5) is 12.3. The highest BCUT2D eigenvalue weighted by molar-refractivity contribution is 7.92. The SMILES string of the molecule is COc1ccc(NC(=O)c2cccc(NS(=O)(=O)c3ccc(C)c(F)c3)c2)cc1. The van der Waals surface area contributed by atoms with Gasteiger partial charge in [-0.3, -0.25) is 9.52 Å². The third-order valence-corrected chi connectivity index (χ3v) is 5.56. The van der Waals surface area contributed by atoms with E-state index < -0.39 is 21.7 Å². The molecule has 0 aliphatic carbocycles. The fourth-order valence-electron chi connectivity index (χ4n) is 2.56. The Bertz CT molecular complexity index is 1150. The van der Waals surface area contributed by atoms with E-state index in [9.17, 15) is 17.6 Å². The van der Waals surface area contributed by atoms with E-state index >= 15 is 0 Å². The van der Waals surface area contributed by atoms with Crippen molar-refractivity contribution in [1.29, 1.82) is 0 Å². The molecule has 0 bridgehead atoms. The number of anilines is 2. The number of sulfonamides is 1. The number of halogens is 1. The lowest BCUT2D eigenvalue weighted by Gasteiger charge is -2.11. The molecule has 150 valence electrons. The molecule has 3 aromatic carbocycles. The molecule has 3 aromatic rings. The fourth-order valence-corrected chi connectivity index (χ4v) is 3.62. The van der Waals surface area contributed by atoms with E-state index in [-0.39, 0.29) is 16.1 Å². The Morgan fingerprint density at radius 1 is 0.966 bits per heavy atom. The first kappa shape index (κ1) is 20.3. The minimum atomic E-state index is -4.00. The maximum Gasteiger partial charge on any atom is 0.261 e. The summed E-state index contributed by atoms with van der Waals surface area (Å²) in [5.41, 5.74) is 1.36. The normalized spacial score (nSPS) is 11.0. The molecule has 3 rings (SSSR count). The predicted molar refractivity (Wildman–Crippen MR) is 109 cm³/mol. The van der Waals surface area contributed by atoms with Gasteiger partial charge in [-0.2, -0.15) is 0 Å². The van der Waals surface area contributed by atoms with Crippen molar-refractivity contribution in [2.75, 3.05) is 17.1 Å². The van der Waals surface area contributed by atoms with Gasteiger partial charge in [-0.25, -0.2) is 12.8 Å². The number of nitrogens with one attached hydrogen (secondary N) is 2. The van der Waals surface area contributed by atoms with Crippen molar-refractivity contribution in [2.24, 2.45) is 0 Å². The van der Waals surface area contributed by atoms with Gasteiger partial charge in [-0.1, -0.05) is 12.1 Å². The van der Waals surface area contributed by atoms with Crippen molar-refractivity contribution in [2.45, 2.75) is 11.8 Å². The van der Waals surface area contributed by atoms with Crippen molar-refractivity contribution in [3.05, 3.63) is 83.7 Å². The van der Waals surface area contributed by atoms with E-state index in [0.717, 1.165) is 6.07 Å². The van der Waals surface area contributed by atoms with Crippen LogP contribution in [0.25, 0.3) is 0 Å². The molecular weight excluding hydrogens is 395 g/mol. The Morgan fingerprint density at radius 2 is 1.69 bits per heavy atom. The van der Waals surface area contributed by atoms with Crippen LogP contribution in [-0.2, 0) is 10.0 Å². The highest BCUT2D eigenvalue weighted by Gasteiger charge is 2.17. The third kappa shape index (κ3) is 4.91. The summed E-state index contributed by atoms with van der Waals surface area (Å²) >= 11 is 0. The van der Waals surface area contributed by atoms with Crippen molar-refractivity contribution in [3.8, 4) is 5.75 Å². The van der Waals surface area contributed by atoms with Gasteiger partial charge in [0.25, 0.3) is 15.9 Å². The van der Waals surface area contributed by atoms with Crippen LogP contribution in [0.1, 0.15) is 15.9 Å². The lowest BCUT2D eigenvalue weighted by molar-refractivity contribution is 0.102. The van der Waals surface area contributed by atoms with Gasteiger partial charge in [0.05, 0.1) is 12.0 Å². The van der Waals surface area contributed by atoms with Gasteiger partial charge in [-0.15, -0.1) is 0 Å². The molecule has 29 heavy (non-hydrogen) atoms. The van der Waals surface area contributed by atoms with Gasteiger partial charge in [0.2, 0.25) is 0 Å². The van der Waals surface area contributed by atoms with Gasteiger partial charge < -0.3 is 10.1 Å². The Labute approximate surface area is 168 Å². The monoisotopic (exact) mass is 414 g/mol. The number of hydrogen-bond acceptors (Lipinski definition) is 4. The molecular formula is C21H19FN2O4S. The largest absolute Gasteiger partial charge is 0.497 e. The second-order valence-electron chi connectivity index (χ2n) is 6.28. The summed E-state index contributed by atoms with van der Waals surface area (Å²) in [5.74, 6) is -0.356. The smallest absolute Gasteiger partial charge is 0.261 e. The number of aryl methyl sites for hydroxylation is 1. The zero-order valence-electron chi connectivity index (χ0n) is 15.8. The molecule has 0 unspecified atom stereocenters. The summed E-state index contributed by atoms with van der Waals surface area (Å²) in [5, 5.41) is 2.72. The van der Waals surface area contributed by atoms with Crippen LogP contribution in [0.4, 0.5) is 15.8 Å². The highest BCUT2D eigenvalue weighted by atomic mass is 32.2. The van der Waals surface area contributed by atoms with Gasteiger partial charge in [0.15, 0.2) is 0 Å². The standard InChI is InChI=1S/C21H19FN2O4S/c1-14-6-11-19(13-20(14)22)29(26,27)24-17-5-3-4-15(12-17)21(25)23-16-7-9-18(28-2)10-8-16/h3-13,24H,1-2H3,(H,23,25). The molecule has 0 saturated heterocycles. The molecule has 0 aliphatic rings. The number of carbonyl (C=O) groups excluding carboxylic acids is 1. The Morgan fingerprint density at radius 3 is 2.34 bits per heavy atom. The quantitative estimate of drug-likeness (QED) is 0.633. The zero-order valence-corrected chi connectivity index (χ0v) is 16.6. The van der Waals surface area contributed by atoms with Crippen molar-refractivity contribution in [1.82, 2.24) is 0 Å². The number of carbonyl (C=O) groups is 1. The summed E-state index contributed by atoms with van der Waals surface area (Å²) in [7, 11) is -2.45. The molecule has 0 saturated carbocycles. The van der Waals surface area contributed by atoms with E-state index in [0.29, 0.717) is 17.0 Å². The number of hydrogen-bond donors (Lipinski definition) is 2. The first-order valence-corrected chi connectivity index (χ1v) is 10.1. The van der Waals surface area contributed by atoms with Crippen molar-refractivity contribution in [3.63, 3.8) is 0 Å². The number of methoxy groups -OCH3 is 1. The van der Waals surface area contributed by atoms with Gasteiger partial charge >= 0.3 is 0 Å². The second-order valence-corrected chi connectivity index (χ2v) is 7.96. The minimum Gasteiger partial charge on any atom is -0.497 e. The summed E-state index contributed by atoms with van der Waals surface area (Å²) in [6.45, 7) is 1.55. The summed E-state index contributed by atoms with van der Waals surface area (Å²) in [6, 6.07) is 16.5. The topological polar surface area (TPSA) is 84.5 Å². The number of ether oxygens (including phenoxy) is 1. The van der Waals surface area contributed by atoms with Crippen LogP contribution in [0.2, 0.25) is 0 Å². The average Bonchev–Trinajstić information content (AvgIpc) is 2.70. The Kier molecular flexibility index (Phi) is 5.84. The molecule has 6 nitrogen and oxygen atoms in total. The molecule has 2 N–H and O–H groups in total. The van der Waals surface area contributed by atoms with Gasteiger partial charge in [0.1, 0.15) is 11.6 Å². The number of benzene rings is 3. The zero-order chi connectivity index (χ0) is 21.0. The van der Waals surface area contributed by atoms with Crippen LogP contribution in [0.3, 0.4) is 0 Å².